The summed E-state index contributed by atoms with van der Waals surface area (Å²) in [5, 5.41) is 3.52. The molecule has 0 saturated carbocycles. The highest BCUT2D eigenvalue weighted by atomic mass is 35.5. The van der Waals surface area contributed by atoms with Gasteiger partial charge in [0, 0.05) is 48.3 Å². The molecule has 2 aromatic rings. The van der Waals surface area contributed by atoms with Crippen molar-refractivity contribution in [2.24, 2.45) is 5.92 Å². The van der Waals surface area contributed by atoms with Crippen molar-refractivity contribution >= 4 is 23.4 Å². The molecule has 1 heterocycles. The second kappa shape index (κ2) is 11.0. The van der Waals surface area contributed by atoms with Gasteiger partial charge in [-0.1, -0.05) is 17.7 Å². The fourth-order valence-electron chi connectivity index (χ4n) is 3.90. The number of nitrogens with one attached hydrogen (secondary N) is 1. The second-order valence-corrected chi connectivity index (χ2v) is 8.20. The van der Waals surface area contributed by atoms with Crippen molar-refractivity contribution in [3.8, 4) is 11.5 Å². The molecular weight excluding hydrogens is 416 g/mol. The molecule has 0 bridgehead atoms. The van der Waals surface area contributed by atoms with Gasteiger partial charge in [0.05, 0.1) is 14.2 Å². The minimum absolute atomic E-state index is 0.00301. The predicted octanol–water partition coefficient (Wildman–Crippen LogP) is 4.31. The van der Waals surface area contributed by atoms with Gasteiger partial charge in [-0.15, -0.1) is 0 Å². The zero-order valence-electron chi connectivity index (χ0n) is 18.0. The van der Waals surface area contributed by atoms with Gasteiger partial charge in [-0.05, 0) is 55.5 Å². The Hall–Kier alpha value is -2.73. The number of carbonyl (C=O) groups excluding carboxylic acids is 2. The van der Waals surface area contributed by atoms with Crippen molar-refractivity contribution in [3.05, 3.63) is 58.6 Å². The van der Waals surface area contributed by atoms with E-state index in [0.29, 0.717) is 47.5 Å². The van der Waals surface area contributed by atoms with E-state index in [9.17, 15) is 9.59 Å². The number of nitrogens with zero attached hydrogens (tertiary/aromatic N) is 1. The van der Waals surface area contributed by atoms with Crippen LogP contribution in [0.2, 0.25) is 5.02 Å². The first-order chi connectivity index (χ1) is 15.0. The number of piperidine rings is 1. The monoisotopic (exact) mass is 444 g/mol. The van der Waals surface area contributed by atoms with Crippen LogP contribution in [0.25, 0.3) is 0 Å². The van der Waals surface area contributed by atoms with E-state index in [1.807, 2.05) is 17.0 Å². The smallest absolute Gasteiger partial charge is 0.253 e. The molecule has 0 aromatic heterocycles. The van der Waals surface area contributed by atoms with Crippen molar-refractivity contribution in [1.29, 1.82) is 0 Å². The van der Waals surface area contributed by atoms with Crippen LogP contribution in [0.5, 0.6) is 11.5 Å². The molecular formula is C24H29ClN2O4. The SMILES string of the molecule is COc1ccc(CNC(=O)CCC2CCCN(C(=O)c3cccc(Cl)c3)C2)c(OC)c1. The molecule has 1 saturated heterocycles. The maximum Gasteiger partial charge on any atom is 0.253 e. The van der Waals surface area contributed by atoms with Gasteiger partial charge in [0.1, 0.15) is 11.5 Å². The average molecular weight is 445 g/mol. The number of carbonyl (C=O) groups is 2. The largest absolute Gasteiger partial charge is 0.497 e. The summed E-state index contributed by atoms with van der Waals surface area (Å²) < 4.78 is 10.6. The van der Waals surface area contributed by atoms with E-state index in [1.165, 1.54) is 0 Å². The molecule has 2 amide bonds. The third-order valence-corrected chi connectivity index (χ3v) is 5.86. The molecule has 6 nitrogen and oxygen atoms in total. The first-order valence-electron chi connectivity index (χ1n) is 10.5. The summed E-state index contributed by atoms with van der Waals surface area (Å²) in [6.07, 6.45) is 3.16. The van der Waals surface area contributed by atoms with E-state index in [4.69, 9.17) is 21.1 Å². The highest BCUT2D eigenvalue weighted by Crippen LogP contribution is 2.25. The van der Waals surface area contributed by atoms with E-state index < -0.39 is 0 Å². The summed E-state index contributed by atoms with van der Waals surface area (Å²) in [4.78, 5) is 27.0. The average Bonchev–Trinajstić information content (AvgIpc) is 2.81. The van der Waals surface area contributed by atoms with E-state index in [0.717, 1.165) is 31.4 Å². The Balaban J connectivity index is 1.47. The van der Waals surface area contributed by atoms with Crippen molar-refractivity contribution < 1.29 is 19.1 Å². The fraction of sp³-hybridized carbons (Fsp3) is 0.417. The van der Waals surface area contributed by atoms with Gasteiger partial charge in [0.2, 0.25) is 5.91 Å². The Morgan fingerprint density at radius 2 is 2.00 bits per heavy atom. The molecule has 2 aromatic carbocycles. The molecule has 3 rings (SSSR count). The molecule has 1 aliphatic rings. The van der Waals surface area contributed by atoms with Crippen LogP contribution in [0.1, 0.15) is 41.6 Å². The van der Waals surface area contributed by atoms with E-state index >= 15 is 0 Å². The van der Waals surface area contributed by atoms with Gasteiger partial charge < -0.3 is 19.7 Å². The number of hydrogen-bond donors (Lipinski definition) is 1. The van der Waals surface area contributed by atoms with Crippen LogP contribution in [0, 0.1) is 5.92 Å². The third kappa shape index (κ3) is 6.37. The third-order valence-electron chi connectivity index (χ3n) is 5.63. The molecule has 0 radical (unpaired) electrons. The molecule has 166 valence electrons. The topological polar surface area (TPSA) is 67.9 Å². The lowest BCUT2D eigenvalue weighted by molar-refractivity contribution is -0.121. The van der Waals surface area contributed by atoms with E-state index in [1.54, 1.807) is 44.6 Å². The minimum atomic E-state index is -0.00355. The first kappa shape index (κ1) is 22.9. The molecule has 0 aliphatic carbocycles. The lowest BCUT2D eigenvalue weighted by Crippen LogP contribution is -2.40. The van der Waals surface area contributed by atoms with Gasteiger partial charge in [-0.3, -0.25) is 9.59 Å². The molecule has 1 fully saturated rings. The second-order valence-electron chi connectivity index (χ2n) is 7.76. The molecule has 0 spiro atoms. The number of likely N-dealkylation sites (tertiary alicyclic amines) is 1. The summed E-state index contributed by atoms with van der Waals surface area (Å²) in [7, 11) is 3.20. The summed E-state index contributed by atoms with van der Waals surface area (Å²) in [5.74, 6) is 1.71. The predicted molar refractivity (Wildman–Crippen MR) is 121 cm³/mol. The number of amides is 2. The Bertz CT molecular complexity index is 918. The van der Waals surface area contributed by atoms with Crippen LogP contribution in [0.15, 0.2) is 42.5 Å². The fourth-order valence-corrected chi connectivity index (χ4v) is 4.09. The number of methoxy groups -OCH3 is 2. The summed E-state index contributed by atoms with van der Waals surface area (Å²) in [6, 6.07) is 12.6. The van der Waals surface area contributed by atoms with Crippen LogP contribution in [-0.2, 0) is 11.3 Å². The molecule has 1 aliphatic heterocycles. The maximum absolute atomic E-state index is 12.8. The van der Waals surface area contributed by atoms with Gasteiger partial charge in [0.25, 0.3) is 5.91 Å². The lowest BCUT2D eigenvalue weighted by atomic mass is 9.92. The van der Waals surface area contributed by atoms with Gasteiger partial charge in [-0.2, -0.15) is 0 Å². The Kier molecular flexibility index (Phi) is 8.18. The normalized spacial score (nSPS) is 16.0. The molecule has 7 heteroatoms. The van der Waals surface area contributed by atoms with E-state index in [-0.39, 0.29) is 11.8 Å². The standard InChI is InChI=1S/C24H29ClN2O4/c1-30-21-10-9-19(22(14-21)31-2)15-26-23(28)11-8-17-5-4-12-27(16-17)24(29)18-6-3-7-20(25)13-18/h3,6-7,9-10,13-14,17H,4-5,8,11-12,15-16H2,1-2H3,(H,26,28). The van der Waals surface area contributed by atoms with Crippen LogP contribution < -0.4 is 14.8 Å². The number of benzene rings is 2. The molecule has 1 atom stereocenters. The quantitative estimate of drug-likeness (QED) is 0.658. The Labute approximate surface area is 188 Å². The van der Waals surface area contributed by atoms with Crippen LogP contribution in [0.4, 0.5) is 0 Å². The van der Waals surface area contributed by atoms with Crippen molar-refractivity contribution in [2.75, 3.05) is 27.3 Å². The minimum Gasteiger partial charge on any atom is -0.497 e. The van der Waals surface area contributed by atoms with Crippen LogP contribution >= 0.6 is 11.6 Å². The summed E-state index contributed by atoms with van der Waals surface area (Å²) >= 11 is 6.02. The number of hydrogen-bond acceptors (Lipinski definition) is 4. The van der Waals surface area contributed by atoms with Crippen LogP contribution in [0.3, 0.4) is 0 Å². The first-order valence-corrected chi connectivity index (χ1v) is 10.9. The van der Waals surface area contributed by atoms with Gasteiger partial charge in [0.15, 0.2) is 0 Å². The number of halogens is 1. The summed E-state index contributed by atoms with van der Waals surface area (Å²) in [6.45, 7) is 1.81. The Morgan fingerprint density at radius 1 is 1.16 bits per heavy atom. The van der Waals surface area contributed by atoms with Crippen molar-refractivity contribution in [1.82, 2.24) is 10.2 Å². The number of rotatable bonds is 8. The zero-order chi connectivity index (χ0) is 22.2. The number of ether oxygens (including phenoxy) is 2. The highest BCUT2D eigenvalue weighted by Gasteiger charge is 2.25. The van der Waals surface area contributed by atoms with Gasteiger partial charge in [-0.25, -0.2) is 0 Å². The Morgan fingerprint density at radius 3 is 2.74 bits per heavy atom. The zero-order valence-corrected chi connectivity index (χ0v) is 18.8. The van der Waals surface area contributed by atoms with Gasteiger partial charge >= 0.3 is 0 Å². The summed E-state index contributed by atoms with van der Waals surface area (Å²) in [5.41, 5.74) is 1.51. The van der Waals surface area contributed by atoms with Crippen molar-refractivity contribution in [2.45, 2.75) is 32.2 Å². The van der Waals surface area contributed by atoms with Crippen LogP contribution in [-0.4, -0.2) is 44.0 Å². The molecule has 31 heavy (non-hydrogen) atoms. The molecule has 1 unspecified atom stereocenters. The lowest BCUT2D eigenvalue weighted by Gasteiger charge is -2.33. The molecule has 1 N–H and O–H groups in total. The maximum atomic E-state index is 12.8. The van der Waals surface area contributed by atoms with Crippen molar-refractivity contribution in [3.63, 3.8) is 0 Å². The van der Waals surface area contributed by atoms with E-state index in [2.05, 4.69) is 5.32 Å². The highest BCUT2D eigenvalue weighted by molar-refractivity contribution is 6.30.